The molecule has 4 amide bonds. The lowest BCUT2D eigenvalue weighted by Gasteiger charge is -2.30. The largest absolute Gasteiger partial charge is 0.481 e. The first-order chi connectivity index (χ1) is 21.1. The van der Waals surface area contributed by atoms with Crippen molar-refractivity contribution >= 4 is 41.1 Å². The summed E-state index contributed by atoms with van der Waals surface area (Å²) in [6, 6.07) is 20.4. The molecule has 0 aromatic heterocycles. The summed E-state index contributed by atoms with van der Waals surface area (Å²) in [5, 5.41) is 19.7. The fourth-order valence-electron chi connectivity index (χ4n) is 4.96. The van der Waals surface area contributed by atoms with Crippen molar-refractivity contribution in [2.24, 2.45) is 0 Å². The second kappa shape index (κ2) is 15.4. The van der Waals surface area contributed by atoms with Gasteiger partial charge >= 0.3 is 0 Å². The second-order valence-corrected chi connectivity index (χ2v) is 11.7. The number of anilines is 1. The number of rotatable bonds is 12. The summed E-state index contributed by atoms with van der Waals surface area (Å²) in [5.41, 5.74) is 3.99. The third-order valence-electron chi connectivity index (χ3n) is 7.33. The van der Waals surface area contributed by atoms with Crippen LogP contribution in [0.4, 0.5) is 5.69 Å². The molecule has 0 aliphatic carbocycles. The topological polar surface area (TPSA) is 137 Å². The van der Waals surface area contributed by atoms with Gasteiger partial charge in [-0.15, -0.1) is 11.8 Å². The van der Waals surface area contributed by atoms with Crippen molar-refractivity contribution in [2.75, 3.05) is 23.6 Å². The van der Waals surface area contributed by atoms with Crippen LogP contribution in [0.2, 0.25) is 0 Å². The monoisotopic (exact) mass is 618 g/mol. The number of thioether (sulfide) groups is 1. The maximum absolute atomic E-state index is 13.6. The number of amides is 4. The lowest BCUT2D eigenvalue weighted by molar-refractivity contribution is -0.146. The maximum Gasteiger partial charge on any atom is 0.258 e. The molecular weight excluding hydrogens is 580 g/mol. The molecule has 0 spiro atoms. The third-order valence-corrected chi connectivity index (χ3v) is 8.34. The molecular formula is C33H38N4O6S. The minimum absolute atomic E-state index is 0.173. The molecule has 1 aliphatic heterocycles. The molecule has 4 rings (SSSR count). The van der Waals surface area contributed by atoms with Gasteiger partial charge in [0.25, 0.3) is 11.8 Å². The van der Waals surface area contributed by atoms with Gasteiger partial charge in [0.05, 0.1) is 17.6 Å². The Morgan fingerprint density at radius 1 is 0.977 bits per heavy atom. The number of benzene rings is 3. The summed E-state index contributed by atoms with van der Waals surface area (Å²) < 4.78 is 5.78. The molecule has 0 radical (unpaired) electrons. The quantitative estimate of drug-likeness (QED) is 0.245. The van der Waals surface area contributed by atoms with Crippen LogP contribution in [0, 0.1) is 13.8 Å². The average molecular weight is 619 g/mol. The van der Waals surface area contributed by atoms with Crippen LogP contribution in [0.25, 0.3) is 0 Å². The maximum atomic E-state index is 13.6. The number of aliphatic hydroxyl groups excluding tert-OH is 1. The zero-order valence-electron chi connectivity index (χ0n) is 25.0. The normalized spacial score (nSPS) is 15.6. The van der Waals surface area contributed by atoms with Gasteiger partial charge in [-0.2, -0.15) is 0 Å². The first-order valence-electron chi connectivity index (χ1n) is 14.4. The van der Waals surface area contributed by atoms with Crippen molar-refractivity contribution in [3.63, 3.8) is 0 Å². The molecule has 3 aromatic rings. The lowest BCUT2D eigenvalue weighted by atomic mass is 9.99. The molecule has 1 fully saturated rings. The molecule has 10 nitrogen and oxygen atoms in total. The van der Waals surface area contributed by atoms with E-state index in [1.807, 2.05) is 61.5 Å². The first kappa shape index (κ1) is 32.6. The minimum atomic E-state index is -1.61. The molecule has 4 N–H and O–H groups in total. The van der Waals surface area contributed by atoms with Gasteiger partial charge in [-0.05, 0) is 48.6 Å². The Bertz CT molecular complexity index is 1480. The predicted octanol–water partition coefficient (Wildman–Crippen LogP) is 2.95. The number of aliphatic hydroxyl groups is 1. The van der Waals surface area contributed by atoms with Crippen molar-refractivity contribution in [3.8, 4) is 5.75 Å². The average Bonchev–Trinajstić information content (AvgIpc) is 3.50. The predicted molar refractivity (Wildman–Crippen MR) is 170 cm³/mol. The van der Waals surface area contributed by atoms with Gasteiger partial charge in [0.1, 0.15) is 11.8 Å². The van der Waals surface area contributed by atoms with E-state index in [4.69, 9.17) is 4.74 Å². The summed E-state index contributed by atoms with van der Waals surface area (Å²) >= 11 is 1.43. The molecule has 232 valence electrons. The number of hydrogen-bond acceptors (Lipinski definition) is 7. The second-order valence-electron chi connectivity index (χ2n) is 10.7. The highest BCUT2D eigenvalue weighted by Gasteiger charge is 2.40. The number of para-hydroxylation sites is 1. The van der Waals surface area contributed by atoms with E-state index in [2.05, 4.69) is 16.0 Å². The van der Waals surface area contributed by atoms with E-state index in [1.165, 1.54) is 23.6 Å². The molecule has 3 atom stereocenters. The van der Waals surface area contributed by atoms with E-state index in [9.17, 15) is 24.3 Å². The summed E-state index contributed by atoms with van der Waals surface area (Å²) in [6.07, 6.45) is -1.44. The Balaban J connectivity index is 1.45. The highest BCUT2D eigenvalue weighted by Crippen LogP contribution is 2.28. The number of nitrogens with zero attached hydrogens (tertiary/aromatic N) is 1. The number of carbonyl (C=O) groups is 4. The summed E-state index contributed by atoms with van der Waals surface area (Å²) in [7, 11) is 0. The van der Waals surface area contributed by atoms with Crippen LogP contribution in [0.1, 0.15) is 29.2 Å². The summed E-state index contributed by atoms with van der Waals surface area (Å²) in [4.78, 5) is 52.9. The number of hydrogen-bond donors (Lipinski definition) is 4. The van der Waals surface area contributed by atoms with Gasteiger partial charge in [-0.3, -0.25) is 19.2 Å². The van der Waals surface area contributed by atoms with E-state index in [0.29, 0.717) is 23.7 Å². The molecule has 0 saturated carbocycles. The van der Waals surface area contributed by atoms with Gasteiger partial charge in [0, 0.05) is 19.2 Å². The van der Waals surface area contributed by atoms with Crippen molar-refractivity contribution in [1.29, 1.82) is 0 Å². The Morgan fingerprint density at radius 3 is 2.41 bits per heavy atom. The van der Waals surface area contributed by atoms with E-state index in [1.54, 1.807) is 25.1 Å². The standard InChI is InChI=1S/C33H38N4O6S/c1-21-10-7-8-14-25(21)17-34-32(41)28-19-44-20-37(28)33(42)30(40)27(16-24-12-5-4-6-13-24)36-29(39)18-43-31-22(2)11-9-15-26(31)35-23(3)38/h4-15,27-28,30,40H,16-20H2,1-3H3,(H,34,41)(H,35,38)(H,36,39)/t27-,28-,30-/m0/s1. The lowest BCUT2D eigenvalue weighted by Crippen LogP contribution is -2.56. The molecule has 3 aromatic carbocycles. The molecule has 0 unspecified atom stereocenters. The van der Waals surface area contributed by atoms with Crippen molar-refractivity contribution < 1.29 is 29.0 Å². The Morgan fingerprint density at radius 2 is 1.68 bits per heavy atom. The molecule has 1 heterocycles. The minimum Gasteiger partial charge on any atom is -0.481 e. The van der Waals surface area contributed by atoms with Crippen LogP contribution in [0.3, 0.4) is 0 Å². The highest BCUT2D eigenvalue weighted by molar-refractivity contribution is 7.99. The molecule has 0 bridgehead atoms. The Labute approximate surface area is 261 Å². The van der Waals surface area contributed by atoms with E-state index >= 15 is 0 Å². The number of nitrogens with one attached hydrogen (secondary N) is 3. The molecule has 1 saturated heterocycles. The molecule has 44 heavy (non-hydrogen) atoms. The molecule has 1 aliphatic rings. The molecule has 11 heteroatoms. The third kappa shape index (κ3) is 8.61. The van der Waals surface area contributed by atoms with Crippen LogP contribution in [0.5, 0.6) is 5.75 Å². The van der Waals surface area contributed by atoms with Crippen molar-refractivity contribution in [1.82, 2.24) is 15.5 Å². The van der Waals surface area contributed by atoms with Crippen LogP contribution >= 0.6 is 11.8 Å². The zero-order chi connectivity index (χ0) is 31.6. The van der Waals surface area contributed by atoms with Gasteiger partial charge in [0.2, 0.25) is 11.8 Å². The van der Waals surface area contributed by atoms with Crippen LogP contribution < -0.4 is 20.7 Å². The van der Waals surface area contributed by atoms with E-state index in [-0.39, 0.29) is 24.1 Å². The van der Waals surface area contributed by atoms with Crippen LogP contribution in [0.15, 0.2) is 72.8 Å². The smallest absolute Gasteiger partial charge is 0.258 e. The fraction of sp³-hybridized carbons (Fsp3) is 0.333. The Kier molecular flexibility index (Phi) is 11.4. The Hall–Kier alpha value is -4.35. The number of aryl methyl sites for hydroxylation is 2. The highest BCUT2D eigenvalue weighted by atomic mass is 32.2. The number of ether oxygens (including phenoxy) is 1. The van der Waals surface area contributed by atoms with Crippen molar-refractivity contribution in [3.05, 3.63) is 95.1 Å². The van der Waals surface area contributed by atoms with Gasteiger partial charge < -0.3 is 30.7 Å². The van der Waals surface area contributed by atoms with Gasteiger partial charge in [-0.25, -0.2) is 0 Å². The SMILES string of the molecule is CC(=O)Nc1cccc(C)c1OCC(=O)N[C@@H](Cc1ccccc1)[C@H](O)C(=O)N1CSC[C@H]1C(=O)NCc1ccccc1C. The van der Waals surface area contributed by atoms with Crippen LogP contribution in [-0.4, -0.2) is 70.1 Å². The number of carbonyl (C=O) groups excluding carboxylic acids is 4. The van der Waals surface area contributed by atoms with Crippen molar-refractivity contribution in [2.45, 2.75) is 51.9 Å². The zero-order valence-corrected chi connectivity index (χ0v) is 25.9. The summed E-state index contributed by atoms with van der Waals surface area (Å²) in [6.45, 7) is 5.05. The fourth-order valence-corrected chi connectivity index (χ4v) is 6.12. The van der Waals surface area contributed by atoms with E-state index < -0.39 is 36.6 Å². The van der Waals surface area contributed by atoms with Crippen LogP contribution in [-0.2, 0) is 32.1 Å². The van der Waals surface area contributed by atoms with Gasteiger partial charge in [0.15, 0.2) is 12.7 Å². The van der Waals surface area contributed by atoms with E-state index in [0.717, 1.165) is 22.3 Å². The summed E-state index contributed by atoms with van der Waals surface area (Å²) in [5.74, 6) is -0.789. The van der Waals surface area contributed by atoms with Gasteiger partial charge in [-0.1, -0.05) is 66.7 Å². The first-order valence-corrected chi connectivity index (χ1v) is 15.5.